The van der Waals surface area contributed by atoms with Gasteiger partial charge in [-0.1, -0.05) is 49.2 Å². The van der Waals surface area contributed by atoms with Gasteiger partial charge in [-0.2, -0.15) is 0 Å². The van der Waals surface area contributed by atoms with Gasteiger partial charge in [-0.15, -0.1) is 0 Å². The highest BCUT2D eigenvalue weighted by molar-refractivity contribution is 6.31. The number of halogens is 1. The molecule has 0 aliphatic carbocycles. The van der Waals surface area contributed by atoms with Crippen LogP contribution in [-0.2, 0) is 9.59 Å². The lowest BCUT2D eigenvalue weighted by atomic mass is 9.83. The fourth-order valence-electron chi connectivity index (χ4n) is 4.07. The Morgan fingerprint density at radius 1 is 1.27 bits per heavy atom. The molecule has 160 valence electrons. The van der Waals surface area contributed by atoms with E-state index in [0.29, 0.717) is 35.8 Å². The van der Waals surface area contributed by atoms with Crippen LogP contribution in [0.4, 0.5) is 5.69 Å². The minimum absolute atomic E-state index is 0.0855. The van der Waals surface area contributed by atoms with Crippen molar-refractivity contribution in [2.75, 3.05) is 19.0 Å². The number of para-hydroxylation sites is 1. The van der Waals surface area contributed by atoms with Crippen LogP contribution in [0.25, 0.3) is 0 Å². The van der Waals surface area contributed by atoms with Crippen molar-refractivity contribution in [2.24, 2.45) is 5.92 Å². The lowest BCUT2D eigenvalue weighted by molar-refractivity contribution is -0.142. The van der Waals surface area contributed by atoms with Crippen LogP contribution in [0.5, 0.6) is 5.75 Å². The number of amides is 2. The van der Waals surface area contributed by atoms with Gasteiger partial charge in [0.15, 0.2) is 0 Å². The average molecular weight is 429 g/mol. The van der Waals surface area contributed by atoms with E-state index in [9.17, 15) is 9.59 Å². The molecule has 0 unspecified atom stereocenters. The number of nitrogens with zero attached hydrogens (tertiary/aromatic N) is 1. The molecule has 2 aromatic rings. The van der Waals surface area contributed by atoms with E-state index >= 15 is 0 Å². The molecule has 2 amide bonds. The van der Waals surface area contributed by atoms with E-state index in [1.54, 1.807) is 19.2 Å². The number of aryl methyl sites for hydroxylation is 1. The van der Waals surface area contributed by atoms with Gasteiger partial charge in [0.2, 0.25) is 11.8 Å². The molecule has 6 heteroatoms. The first-order valence-corrected chi connectivity index (χ1v) is 10.8. The second-order valence-corrected chi connectivity index (χ2v) is 8.16. The van der Waals surface area contributed by atoms with Crippen molar-refractivity contribution in [3.8, 4) is 5.75 Å². The van der Waals surface area contributed by atoms with Crippen LogP contribution in [0, 0.1) is 12.8 Å². The third kappa shape index (κ3) is 4.78. The molecule has 2 aromatic carbocycles. The number of carbonyl (C=O) groups excluding carboxylic acids is 2. The van der Waals surface area contributed by atoms with Crippen molar-refractivity contribution in [1.29, 1.82) is 0 Å². The molecule has 1 fully saturated rings. The van der Waals surface area contributed by atoms with E-state index in [2.05, 4.69) is 12.2 Å². The summed E-state index contributed by atoms with van der Waals surface area (Å²) in [6, 6.07) is 12.7. The van der Waals surface area contributed by atoms with Gasteiger partial charge >= 0.3 is 0 Å². The highest BCUT2D eigenvalue weighted by Gasteiger charge is 2.41. The molecule has 1 heterocycles. The zero-order valence-electron chi connectivity index (χ0n) is 17.8. The standard InChI is InChI=1S/C24H29ClN2O3/c1-4-5-14-27-22(28)13-12-19(23(27)18-8-6-7-9-21(18)30-3)24(29)26-20-15-17(25)11-10-16(20)2/h6-11,15,19,23H,4-5,12-14H2,1-3H3,(H,26,29)/t19-,23+/m1/s1. The summed E-state index contributed by atoms with van der Waals surface area (Å²) in [4.78, 5) is 28.1. The van der Waals surface area contributed by atoms with Gasteiger partial charge in [-0.3, -0.25) is 9.59 Å². The zero-order valence-corrected chi connectivity index (χ0v) is 18.5. The highest BCUT2D eigenvalue weighted by atomic mass is 35.5. The number of methoxy groups -OCH3 is 1. The smallest absolute Gasteiger partial charge is 0.229 e. The monoisotopic (exact) mass is 428 g/mol. The maximum Gasteiger partial charge on any atom is 0.229 e. The Bertz CT molecular complexity index is 915. The van der Waals surface area contributed by atoms with Gasteiger partial charge in [-0.25, -0.2) is 0 Å². The van der Waals surface area contributed by atoms with Crippen molar-refractivity contribution < 1.29 is 14.3 Å². The summed E-state index contributed by atoms with van der Waals surface area (Å²) in [6.07, 6.45) is 2.72. The number of ether oxygens (including phenoxy) is 1. The van der Waals surface area contributed by atoms with Crippen molar-refractivity contribution in [2.45, 2.75) is 45.6 Å². The summed E-state index contributed by atoms with van der Waals surface area (Å²) >= 11 is 6.13. The number of rotatable bonds is 7. The minimum atomic E-state index is -0.380. The predicted molar refractivity (Wildman–Crippen MR) is 120 cm³/mol. The number of hydrogen-bond acceptors (Lipinski definition) is 3. The molecule has 5 nitrogen and oxygen atoms in total. The zero-order chi connectivity index (χ0) is 21.7. The van der Waals surface area contributed by atoms with E-state index < -0.39 is 0 Å². The summed E-state index contributed by atoms with van der Waals surface area (Å²) in [7, 11) is 1.62. The van der Waals surface area contributed by atoms with E-state index in [1.807, 2.05) is 42.2 Å². The van der Waals surface area contributed by atoms with Crippen molar-refractivity contribution in [3.05, 3.63) is 58.6 Å². The van der Waals surface area contributed by atoms with Crippen LogP contribution in [0.1, 0.15) is 49.8 Å². The third-order valence-corrected chi connectivity index (χ3v) is 5.95. The Balaban J connectivity index is 1.98. The Hall–Kier alpha value is -2.53. The highest BCUT2D eigenvalue weighted by Crippen LogP contribution is 2.41. The quantitative estimate of drug-likeness (QED) is 0.644. The third-order valence-electron chi connectivity index (χ3n) is 5.71. The van der Waals surface area contributed by atoms with Crippen molar-refractivity contribution >= 4 is 29.1 Å². The van der Waals surface area contributed by atoms with Crippen LogP contribution in [0.2, 0.25) is 5.02 Å². The maximum absolute atomic E-state index is 13.4. The Morgan fingerprint density at radius 2 is 2.03 bits per heavy atom. The first-order chi connectivity index (χ1) is 14.5. The minimum Gasteiger partial charge on any atom is -0.496 e. The van der Waals surface area contributed by atoms with Crippen LogP contribution in [0.3, 0.4) is 0 Å². The van der Waals surface area contributed by atoms with Crippen LogP contribution >= 0.6 is 11.6 Å². The van der Waals surface area contributed by atoms with E-state index in [0.717, 1.165) is 24.0 Å². The van der Waals surface area contributed by atoms with Gasteiger partial charge in [0, 0.05) is 29.2 Å². The molecule has 1 N–H and O–H groups in total. The fourth-order valence-corrected chi connectivity index (χ4v) is 4.24. The second-order valence-electron chi connectivity index (χ2n) is 7.72. The van der Waals surface area contributed by atoms with Gasteiger partial charge < -0.3 is 15.0 Å². The number of carbonyl (C=O) groups is 2. The molecule has 0 aromatic heterocycles. The summed E-state index contributed by atoms with van der Waals surface area (Å²) in [5, 5.41) is 3.62. The Kier molecular flexibility index (Phi) is 7.38. The molecular formula is C24H29ClN2O3. The van der Waals surface area contributed by atoms with E-state index in [4.69, 9.17) is 16.3 Å². The summed E-state index contributed by atoms with van der Waals surface area (Å²) < 4.78 is 5.58. The maximum atomic E-state index is 13.4. The first kappa shape index (κ1) is 22.2. The lowest BCUT2D eigenvalue weighted by Gasteiger charge is -2.41. The van der Waals surface area contributed by atoms with Crippen LogP contribution in [0.15, 0.2) is 42.5 Å². The van der Waals surface area contributed by atoms with E-state index in [1.165, 1.54) is 0 Å². The molecule has 0 radical (unpaired) electrons. The number of anilines is 1. The summed E-state index contributed by atoms with van der Waals surface area (Å²) in [6.45, 7) is 4.65. The topological polar surface area (TPSA) is 58.6 Å². The van der Waals surface area contributed by atoms with Gasteiger partial charge in [0.25, 0.3) is 0 Å². The number of likely N-dealkylation sites (tertiary alicyclic amines) is 1. The van der Waals surface area contributed by atoms with Gasteiger partial charge in [0.05, 0.1) is 19.1 Å². The molecule has 3 rings (SSSR count). The molecule has 0 saturated carbocycles. The summed E-state index contributed by atoms with van der Waals surface area (Å²) in [5.74, 6) is 0.289. The fraction of sp³-hybridized carbons (Fsp3) is 0.417. The first-order valence-electron chi connectivity index (χ1n) is 10.5. The molecule has 0 spiro atoms. The molecule has 30 heavy (non-hydrogen) atoms. The number of nitrogens with one attached hydrogen (secondary N) is 1. The number of hydrogen-bond donors (Lipinski definition) is 1. The lowest BCUT2D eigenvalue weighted by Crippen LogP contribution is -2.47. The van der Waals surface area contributed by atoms with Gasteiger partial charge in [-0.05, 0) is 43.5 Å². The SMILES string of the molecule is CCCCN1C(=O)CC[C@@H](C(=O)Nc2cc(Cl)ccc2C)[C@@H]1c1ccccc1OC. The van der Waals surface area contributed by atoms with Crippen molar-refractivity contribution in [3.63, 3.8) is 0 Å². The number of unbranched alkanes of at least 4 members (excludes halogenated alkanes) is 1. The molecule has 1 saturated heterocycles. The number of piperidine rings is 1. The largest absolute Gasteiger partial charge is 0.496 e. The van der Waals surface area contributed by atoms with Crippen molar-refractivity contribution in [1.82, 2.24) is 4.90 Å². The Morgan fingerprint density at radius 3 is 2.77 bits per heavy atom. The van der Waals surface area contributed by atoms with E-state index in [-0.39, 0.29) is 23.8 Å². The number of benzene rings is 2. The van der Waals surface area contributed by atoms with Crippen LogP contribution < -0.4 is 10.1 Å². The van der Waals surface area contributed by atoms with Gasteiger partial charge in [0.1, 0.15) is 5.75 Å². The molecule has 1 aliphatic heterocycles. The summed E-state index contributed by atoms with van der Waals surface area (Å²) in [5.41, 5.74) is 2.51. The Labute approximate surface area is 183 Å². The second kappa shape index (κ2) is 9.98. The van der Waals surface area contributed by atoms with Crippen LogP contribution in [-0.4, -0.2) is 30.4 Å². The molecule has 0 bridgehead atoms. The molecule has 2 atom stereocenters. The molecule has 1 aliphatic rings. The normalized spacial score (nSPS) is 18.9. The molecular weight excluding hydrogens is 400 g/mol. The predicted octanol–water partition coefficient (Wildman–Crippen LogP) is 5.38. The average Bonchev–Trinajstić information content (AvgIpc) is 2.75.